The van der Waals surface area contributed by atoms with E-state index in [4.69, 9.17) is 4.74 Å². The maximum absolute atomic E-state index is 13.5. The van der Waals surface area contributed by atoms with Crippen LogP contribution in [0.4, 0.5) is 5.69 Å². The summed E-state index contributed by atoms with van der Waals surface area (Å²) in [5.41, 5.74) is 3.39. The average molecular weight is 531 g/mol. The van der Waals surface area contributed by atoms with Crippen molar-refractivity contribution in [2.75, 3.05) is 44.6 Å². The van der Waals surface area contributed by atoms with Gasteiger partial charge in [-0.3, -0.25) is 19.3 Å². The van der Waals surface area contributed by atoms with Gasteiger partial charge < -0.3 is 20.7 Å². The number of benzene rings is 2. The van der Waals surface area contributed by atoms with Crippen LogP contribution in [-0.4, -0.2) is 62.0 Å². The van der Waals surface area contributed by atoms with E-state index in [-0.39, 0.29) is 24.3 Å². The summed E-state index contributed by atoms with van der Waals surface area (Å²) in [5.74, 6) is 0.197. The highest BCUT2D eigenvalue weighted by Gasteiger charge is 2.41. The van der Waals surface area contributed by atoms with E-state index in [1.165, 1.54) is 24.0 Å². The number of carbonyl (C=O) groups is 3. The summed E-state index contributed by atoms with van der Waals surface area (Å²) in [5, 5.41) is 8.98. The summed E-state index contributed by atoms with van der Waals surface area (Å²) in [7, 11) is 0. The van der Waals surface area contributed by atoms with Gasteiger partial charge in [0.1, 0.15) is 12.4 Å². The summed E-state index contributed by atoms with van der Waals surface area (Å²) < 4.78 is 5.86. The van der Waals surface area contributed by atoms with Crippen molar-refractivity contribution in [1.29, 1.82) is 0 Å². The first-order chi connectivity index (χ1) is 19.0. The first-order valence-corrected chi connectivity index (χ1v) is 14.1. The molecule has 2 heterocycles. The van der Waals surface area contributed by atoms with E-state index in [2.05, 4.69) is 33.0 Å². The standard InChI is InChI=1S/C31H38N4O4/c36-28(34-25-13-12-23-8-1-2-9-24(23)20-25)21-35-18-7-15-31(22-35)14-5-6-19-39-27-11-4-3-10-26(27)29(37)32-16-17-33-30(31)38/h3-6,10-13,20H,1-2,7-9,14-19,21-22H2,(H,32,37)(H,33,38)(H,34,36)/b6-5-. The molecular weight excluding hydrogens is 492 g/mol. The lowest BCUT2D eigenvalue weighted by Gasteiger charge is -2.41. The molecule has 1 spiro atoms. The molecule has 1 unspecified atom stereocenters. The Bertz CT molecular complexity index is 1240. The highest BCUT2D eigenvalue weighted by atomic mass is 16.5. The summed E-state index contributed by atoms with van der Waals surface area (Å²) in [6.07, 6.45) is 10.6. The number of aryl methyl sites for hydroxylation is 2. The topological polar surface area (TPSA) is 99.8 Å². The number of ether oxygens (including phenoxy) is 1. The Morgan fingerprint density at radius 2 is 1.79 bits per heavy atom. The van der Waals surface area contributed by atoms with Crippen LogP contribution in [0, 0.1) is 5.41 Å². The lowest BCUT2D eigenvalue weighted by atomic mass is 9.76. The van der Waals surface area contributed by atoms with Crippen molar-refractivity contribution < 1.29 is 19.1 Å². The van der Waals surface area contributed by atoms with Crippen molar-refractivity contribution in [2.24, 2.45) is 5.41 Å². The van der Waals surface area contributed by atoms with Gasteiger partial charge in [-0.1, -0.05) is 30.4 Å². The number of hydrogen-bond donors (Lipinski definition) is 3. The fourth-order valence-electron chi connectivity index (χ4n) is 5.95. The average Bonchev–Trinajstić information content (AvgIpc) is 2.94. The quantitative estimate of drug-likeness (QED) is 0.528. The largest absolute Gasteiger partial charge is 0.489 e. The molecule has 0 saturated carbocycles. The third-order valence-electron chi connectivity index (χ3n) is 7.98. The lowest BCUT2D eigenvalue weighted by Crippen LogP contribution is -2.53. The third kappa shape index (κ3) is 6.68. The molecule has 0 bridgehead atoms. The van der Waals surface area contributed by atoms with E-state index in [1.54, 1.807) is 18.2 Å². The summed E-state index contributed by atoms with van der Waals surface area (Å²) in [6.45, 7) is 2.46. The molecule has 2 aromatic carbocycles. The molecule has 8 heteroatoms. The number of nitrogens with one attached hydrogen (secondary N) is 3. The number of fused-ring (bicyclic) bond motifs is 2. The van der Waals surface area contributed by atoms with Gasteiger partial charge in [0.2, 0.25) is 11.8 Å². The molecule has 3 amide bonds. The number of likely N-dealkylation sites (tertiary alicyclic amines) is 1. The molecule has 1 aliphatic carbocycles. The van der Waals surface area contributed by atoms with E-state index in [9.17, 15) is 14.4 Å². The second-order valence-corrected chi connectivity index (χ2v) is 10.8. The molecule has 3 N–H and O–H groups in total. The SMILES string of the molecule is O=C(CN1CCCC2(C/C=C\COc3ccccc3C(=O)NCCNC2=O)C1)Nc1ccc2c(c1)CCCC2. The van der Waals surface area contributed by atoms with Gasteiger partial charge >= 0.3 is 0 Å². The van der Waals surface area contributed by atoms with E-state index < -0.39 is 5.41 Å². The molecule has 1 atom stereocenters. The molecule has 3 aliphatic rings. The molecule has 2 aliphatic heterocycles. The van der Waals surface area contributed by atoms with Gasteiger partial charge in [0.05, 0.1) is 17.5 Å². The zero-order valence-electron chi connectivity index (χ0n) is 22.5. The highest BCUT2D eigenvalue weighted by Crippen LogP contribution is 2.34. The molecule has 1 saturated heterocycles. The van der Waals surface area contributed by atoms with Crippen LogP contribution in [-0.2, 0) is 22.4 Å². The molecule has 8 nitrogen and oxygen atoms in total. The maximum Gasteiger partial charge on any atom is 0.255 e. The molecule has 0 aromatic heterocycles. The van der Waals surface area contributed by atoms with Crippen molar-refractivity contribution in [2.45, 2.75) is 44.9 Å². The van der Waals surface area contributed by atoms with E-state index in [0.29, 0.717) is 44.0 Å². The Balaban J connectivity index is 1.24. The Morgan fingerprint density at radius 1 is 0.974 bits per heavy atom. The van der Waals surface area contributed by atoms with Gasteiger partial charge in [0, 0.05) is 25.3 Å². The molecular formula is C31H38N4O4. The number of carbonyl (C=O) groups excluding carboxylic acids is 3. The number of hydrogen-bond acceptors (Lipinski definition) is 5. The van der Waals surface area contributed by atoms with Crippen LogP contribution in [0.2, 0.25) is 0 Å². The first kappa shape index (κ1) is 26.9. The van der Waals surface area contributed by atoms with E-state index >= 15 is 0 Å². The molecule has 39 heavy (non-hydrogen) atoms. The predicted molar refractivity (Wildman–Crippen MR) is 151 cm³/mol. The predicted octanol–water partition coefficient (Wildman–Crippen LogP) is 3.47. The van der Waals surface area contributed by atoms with E-state index in [1.807, 2.05) is 24.3 Å². The summed E-state index contributed by atoms with van der Waals surface area (Å²) in [4.78, 5) is 41.2. The monoisotopic (exact) mass is 530 g/mol. The van der Waals surface area contributed by atoms with Gasteiger partial charge in [-0.15, -0.1) is 0 Å². The Labute approximate surface area is 230 Å². The van der Waals surface area contributed by atoms with Crippen LogP contribution in [0.15, 0.2) is 54.6 Å². The van der Waals surface area contributed by atoms with Crippen LogP contribution >= 0.6 is 0 Å². The van der Waals surface area contributed by atoms with Gasteiger partial charge in [-0.2, -0.15) is 0 Å². The normalized spacial score (nSPS) is 23.3. The van der Waals surface area contributed by atoms with E-state index in [0.717, 1.165) is 37.9 Å². The van der Waals surface area contributed by atoms with Gasteiger partial charge in [0.15, 0.2) is 0 Å². The molecule has 2 aromatic rings. The second kappa shape index (κ2) is 12.5. The number of piperidine rings is 1. The van der Waals surface area contributed by atoms with Crippen molar-refractivity contribution in [3.8, 4) is 5.75 Å². The minimum atomic E-state index is -0.646. The number of rotatable bonds is 3. The van der Waals surface area contributed by atoms with Gasteiger partial charge in [-0.05, 0) is 86.9 Å². The number of nitrogens with zero attached hydrogens (tertiary/aromatic N) is 1. The fourth-order valence-corrected chi connectivity index (χ4v) is 5.95. The third-order valence-corrected chi connectivity index (χ3v) is 7.98. The smallest absolute Gasteiger partial charge is 0.255 e. The van der Waals surface area contributed by atoms with Crippen molar-refractivity contribution in [3.63, 3.8) is 0 Å². The van der Waals surface area contributed by atoms with Gasteiger partial charge in [0.25, 0.3) is 5.91 Å². The van der Waals surface area contributed by atoms with Crippen LogP contribution in [0.5, 0.6) is 5.75 Å². The number of anilines is 1. The second-order valence-electron chi connectivity index (χ2n) is 10.8. The zero-order chi connectivity index (χ0) is 27.1. The Morgan fingerprint density at radius 3 is 2.69 bits per heavy atom. The Hall–Kier alpha value is -3.65. The summed E-state index contributed by atoms with van der Waals surface area (Å²) >= 11 is 0. The fraction of sp³-hybridized carbons (Fsp3) is 0.452. The van der Waals surface area contributed by atoms with Crippen LogP contribution in [0.25, 0.3) is 0 Å². The molecule has 206 valence electrons. The minimum Gasteiger partial charge on any atom is -0.489 e. The van der Waals surface area contributed by atoms with Crippen LogP contribution in [0.1, 0.15) is 53.6 Å². The number of para-hydroxylation sites is 1. The molecule has 1 fully saturated rings. The lowest BCUT2D eigenvalue weighted by molar-refractivity contribution is -0.135. The van der Waals surface area contributed by atoms with Crippen LogP contribution < -0.4 is 20.7 Å². The number of amides is 3. The zero-order valence-corrected chi connectivity index (χ0v) is 22.5. The maximum atomic E-state index is 13.5. The van der Waals surface area contributed by atoms with Crippen molar-refractivity contribution in [3.05, 3.63) is 71.3 Å². The Kier molecular flexibility index (Phi) is 8.61. The molecule has 0 radical (unpaired) electrons. The van der Waals surface area contributed by atoms with Gasteiger partial charge in [-0.25, -0.2) is 0 Å². The van der Waals surface area contributed by atoms with Crippen molar-refractivity contribution in [1.82, 2.24) is 15.5 Å². The first-order valence-electron chi connectivity index (χ1n) is 14.1. The van der Waals surface area contributed by atoms with Crippen LogP contribution in [0.3, 0.4) is 0 Å². The minimum absolute atomic E-state index is 0.0421. The number of allylic oxidation sites excluding steroid dienone is 1. The summed E-state index contributed by atoms with van der Waals surface area (Å²) in [6, 6.07) is 13.4. The highest BCUT2D eigenvalue weighted by molar-refractivity contribution is 5.97. The molecule has 5 rings (SSSR count). The van der Waals surface area contributed by atoms with Crippen molar-refractivity contribution >= 4 is 23.4 Å².